The maximum Gasteiger partial charge on any atom is 0.261 e. The van der Waals surface area contributed by atoms with E-state index in [0.717, 1.165) is 16.7 Å². The third-order valence-corrected chi connectivity index (χ3v) is 5.78. The van der Waals surface area contributed by atoms with Gasteiger partial charge in [0.05, 0.1) is 6.04 Å². The van der Waals surface area contributed by atoms with E-state index in [-0.39, 0.29) is 23.5 Å². The Morgan fingerprint density at radius 1 is 1.27 bits per heavy atom. The molecule has 0 saturated heterocycles. The smallest absolute Gasteiger partial charge is 0.261 e. The number of benzene rings is 2. The third-order valence-electron chi connectivity index (χ3n) is 5.78. The molecule has 5 nitrogen and oxygen atoms in total. The van der Waals surface area contributed by atoms with Crippen molar-refractivity contribution >= 4 is 11.8 Å². The summed E-state index contributed by atoms with van der Waals surface area (Å²) in [7, 11) is 0. The molecule has 3 rings (SSSR count). The largest absolute Gasteiger partial charge is 0.481 e. The molecule has 176 valence electrons. The Balaban J connectivity index is 1.98. The van der Waals surface area contributed by atoms with Crippen molar-refractivity contribution in [3.8, 4) is 5.75 Å². The standard InChI is InChI=1S/C27H33FN2O3/c1-5-13-29-27(32)24(6-2)33-22-11-10-19-12-14-30(25(31)15-18(3)4)26(23(19)17-22)20-8-7-9-21(28)16-20/h5,7-11,16-18,24,26H,1,6,12-15H2,2-4H3,(H,29,32)/t24-,26-/m0/s1. The Morgan fingerprint density at radius 2 is 2.06 bits per heavy atom. The summed E-state index contributed by atoms with van der Waals surface area (Å²) in [5.41, 5.74) is 2.72. The lowest BCUT2D eigenvalue weighted by Gasteiger charge is -2.38. The van der Waals surface area contributed by atoms with Gasteiger partial charge in [-0.1, -0.05) is 45.0 Å². The minimum absolute atomic E-state index is 0.0477. The maximum atomic E-state index is 14.1. The molecular formula is C27H33FN2O3. The molecule has 0 fully saturated rings. The molecule has 33 heavy (non-hydrogen) atoms. The molecule has 0 aromatic heterocycles. The summed E-state index contributed by atoms with van der Waals surface area (Å²) in [6, 6.07) is 11.7. The summed E-state index contributed by atoms with van der Waals surface area (Å²) in [5.74, 6) is 0.278. The van der Waals surface area contributed by atoms with Gasteiger partial charge in [0.1, 0.15) is 11.6 Å². The fraction of sp³-hybridized carbons (Fsp3) is 0.407. The van der Waals surface area contributed by atoms with Gasteiger partial charge in [-0.15, -0.1) is 6.58 Å². The van der Waals surface area contributed by atoms with Crippen LogP contribution in [0.1, 0.15) is 56.3 Å². The van der Waals surface area contributed by atoms with E-state index >= 15 is 0 Å². The number of amides is 2. The van der Waals surface area contributed by atoms with E-state index in [2.05, 4.69) is 11.9 Å². The highest BCUT2D eigenvalue weighted by Crippen LogP contribution is 2.38. The molecule has 0 unspecified atom stereocenters. The summed E-state index contributed by atoms with van der Waals surface area (Å²) in [5, 5.41) is 2.77. The number of halogens is 1. The van der Waals surface area contributed by atoms with Crippen LogP contribution in [0.25, 0.3) is 0 Å². The fourth-order valence-electron chi connectivity index (χ4n) is 4.21. The van der Waals surface area contributed by atoms with E-state index in [1.54, 1.807) is 12.1 Å². The van der Waals surface area contributed by atoms with Crippen molar-refractivity contribution in [1.29, 1.82) is 0 Å². The zero-order valence-corrected chi connectivity index (χ0v) is 19.6. The van der Waals surface area contributed by atoms with Crippen LogP contribution in [0, 0.1) is 11.7 Å². The number of hydrogen-bond acceptors (Lipinski definition) is 3. The molecule has 2 aromatic carbocycles. The number of rotatable bonds is 9. The first-order chi connectivity index (χ1) is 15.8. The minimum atomic E-state index is -0.641. The lowest BCUT2D eigenvalue weighted by molar-refractivity contribution is -0.134. The first kappa shape index (κ1) is 24.5. The van der Waals surface area contributed by atoms with Crippen molar-refractivity contribution in [2.24, 2.45) is 5.92 Å². The van der Waals surface area contributed by atoms with E-state index in [0.29, 0.717) is 38.1 Å². The van der Waals surface area contributed by atoms with Gasteiger partial charge >= 0.3 is 0 Å². The Hall–Kier alpha value is -3.15. The van der Waals surface area contributed by atoms with Crippen LogP contribution in [0.4, 0.5) is 4.39 Å². The van der Waals surface area contributed by atoms with Gasteiger partial charge in [-0.2, -0.15) is 0 Å². The fourth-order valence-corrected chi connectivity index (χ4v) is 4.21. The van der Waals surface area contributed by atoms with Crippen molar-refractivity contribution < 1.29 is 18.7 Å². The molecule has 2 aromatic rings. The van der Waals surface area contributed by atoms with Gasteiger partial charge in [-0.3, -0.25) is 9.59 Å². The van der Waals surface area contributed by atoms with Crippen LogP contribution in [0.3, 0.4) is 0 Å². The number of nitrogens with zero attached hydrogens (tertiary/aromatic N) is 1. The van der Waals surface area contributed by atoms with Gasteiger partial charge in [0.15, 0.2) is 6.10 Å². The minimum Gasteiger partial charge on any atom is -0.481 e. The maximum absolute atomic E-state index is 14.1. The zero-order valence-electron chi connectivity index (χ0n) is 19.6. The molecule has 1 aliphatic rings. The monoisotopic (exact) mass is 452 g/mol. The van der Waals surface area contributed by atoms with Crippen LogP contribution in [0.15, 0.2) is 55.1 Å². The number of carbonyl (C=O) groups is 2. The molecule has 0 aliphatic carbocycles. The van der Waals surface area contributed by atoms with Crippen molar-refractivity contribution in [1.82, 2.24) is 10.2 Å². The summed E-state index contributed by atoms with van der Waals surface area (Å²) in [4.78, 5) is 27.4. The van der Waals surface area contributed by atoms with Gasteiger partial charge < -0.3 is 15.0 Å². The van der Waals surface area contributed by atoms with Crippen LogP contribution in [0.2, 0.25) is 0 Å². The summed E-state index contributed by atoms with van der Waals surface area (Å²) in [6.07, 6.45) is 2.63. The first-order valence-corrected chi connectivity index (χ1v) is 11.6. The van der Waals surface area contributed by atoms with Crippen molar-refractivity contribution in [2.45, 2.75) is 52.2 Å². The predicted octanol–water partition coefficient (Wildman–Crippen LogP) is 4.81. The summed E-state index contributed by atoms with van der Waals surface area (Å²) in [6.45, 7) is 10.5. The Labute approximate surface area is 195 Å². The van der Waals surface area contributed by atoms with Crippen LogP contribution >= 0.6 is 0 Å². The SMILES string of the molecule is C=CCNC(=O)[C@H](CC)Oc1ccc2c(c1)[C@H](c1cccc(F)c1)N(C(=O)CC(C)C)CC2. The number of hydrogen-bond donors (Lipinski definition) is 1. The van der Waals surface area contributed by atoms with Gasteiger partial charge in [-0.25, -0.2) is 4.39 Å². The second kappa shape index (κ2) is 11.1. The molecule has 6 heteroatoms. The molecule has 0 bridgehead atoms. The zero-order chi connectivity index (χ0) is 24.0. The average Bonchev–Trinajstić information content (AvgIpc) is 2.79. The molecule has 0 saturated carbocycles. The van der Waals surface area contributed by atoms with Crippen molar-refractivity contribution in [3.63, 3.8) is 0 Å². The van der Waals surface area contributed by atoms with E-state index in [9.17, 15) is 14.0 Å². The van der Waals surface area contributed by atoms with Crippen LogP contribution in [0.5, 0.6) is 5.75 Å². The lowest BCUT2D eigenvalue weighted by Crippen LogP contribution is -2.41. The molecule has 1 heterocycles. The Kier molecular flexibility index (Phi) is 8.26. The number of nitrogens with one attached hydrogen (secondary N) is 1. The Morgan fingerprint density at radius 3 is 2.73 bits per heavy atom. The van der Waals surface area contributed by atoms with E-state index in [1.807, 2.05) is 49.9 Å². The molecule has 0 radical (unpaired) electrons. The highest BCUT2D eigenvalue weighted by atomic mass is 19.1. The number of ether oxygens (including phenoxy) is 1. The molecule has 1 N–H and O–H groups in total. The highest BCUT2D eigenvalue weighted by molar-refractivity contribution is 5.81. The predicted molar refractivity (Wildman–Crippen MR) is 127 cm³/mol. The molecule has 2 amide bonds. The van der Waals surface area contributed by atoms with E-state index in [4.69, 9.17) is 4.74 Å². The van der Waals surface area contributed by atoms with Gasteiger partial charge in [0.2, 0.25) is 5.91 Å². The van der Waals surface area contributed by atoms with Gasteiger partial charge in [-0.05, 0) is 59.7 Å². The molecule has 1 aliphatic heterocycles. The van der Waals surface area contributed by atoms with E-state index in [1.165, 1.54) is 12.1 Å². The highest BCUT2D eigenvalue weighted by Gasteiger charge is 2.33. The second-order valence-corrected chi connectivity index (χ2v) is 8.80. The normalized spacial score (nSPS) is 16.2. The van der Waals surface area contributed by atoms with Crippen molar-refractivity contribution in [2.75, 3.05) is 13.1 Å². The Bertz CT molecular complexity index is 1000. The lowest BCUT2D eigenvalue weighted by atomic mass is 9.87. The summed E-state index contributed by atoms with van der Waals surface area (Å²) >= 11 is 0. The van der Waals surface area contributed by atoms with Crippen LogP contribution < -0.4 is 10.1 Å². The molecule has 0 spiro atoms. The molecule has 2 atom stereocenters. The first-order valence-electron chi connectivity index (χ1n) is 11.6. The topological polar surface area (TPSA) is 58.6 Å². The second-order valence-electron chi connectivity index (χ2n) is 8.80. The van der Waals surface area contributed by atoms with E-state index < -0.39 is 12.1 Å². The quantitative estimate of drug-likeness (QED) is 0.556. The average molecular weight is 453 g/mol. The number of fused-ring (bicyclic) bond motifs is 1. The molecular weight excluding hydrogens is 419 g/mol. The van der Waals surface area contributed by atoms with Crippen LogP contribution in [-0.2, 0) is 16.0 Å². The van der Waals surface area contributed by atoms with Gasteiger partial charge in [0, 0.05) is 19.5 Å². The van der Waals surface area contributed by atoms with Crippen LogP contribution in [-0.4, -0.2) is 35.9 Å². The third kappa shape index (κ3) is 6.01. The van der Waals surface area contributed by atoms with Gasteiger partial charge in [0.25, 0.3) is 5.91 Å². The number of carbonyl (C=O) groups excluding carboxylic acids is 2. The van der Waals surface area contributed by atoms with Crippen molar-refractivity contribution in [3.05, 3.63) is 77.6 Å². The summed E-state index contributed by atoms with van der Waals surface area (Å²) < 4.78 is 20.2.